The number of carboxylic acid groups (broad SMARTS) is 1. The Hall–Kier alpha value is -0.900. The Labute approximate surface area is 148 Å². The summed E-state index contributed by atoms with van der Waals surface area (Å²) >= 11 is 0. The van der Waals surface area contributed by atoms with E-state index in [-0.39, 0.29) is 24.2 Å². The Morgan fingerprint density at radius 2 is 1.33 bits per heavy atom. The molecule has 4 nitrogen and oxygen atoms in total. The molecule has 0 aliphatic rings. The second-order valence-electron chi connectivity index (χ2n) is 7.56. The molecule has 0 radical (unpaired) electrons. The Morgan fingerprint density at radius 3 is 1.88 bits per heavy atom. The summed E-state index contributed by atoms with van der Waals surface area (Å²) in [6.45, 7) is 6.06. The minimum absolute atomic E-state index is 0.104. The van der Waals surface area contributed by atoms with Gasteiger partial charge in [-0.05, 0) is 44.9 Å². The molecule has 0 aliphatic carbocycles. The van der Waals surface area contributed by atoms with Gasteiger partial charge < -0.3 is 10.2 Å². The fourth-order valence-corrected chi connectivity index (χ4v) is 3.08. The van der Waals surface area contributed by atoms with E-state index in [0.717, 1.165) is 70.6 Å². The molecule has 0 bridgehead atoms. The van der Waals surface area contributed by atoms with Crippen LogP contribution >= 0.6 is 0 Å². The molecule has 0 amide bonds. The highest BCUT2D eigenvalue weighted by Crippen LogP contribution is 2.20. The van der Waals surface area contributed by atoms with Crippen LogP contribution in [0.25, 0.3) is 0 Å². The zero-order chi connectivity index (χ0) is 18.4. The van der Waals surface area contributed by atoms with E-state index in [1.165, 1.54) is 0 Å². The summed E-state index contributed by atoms with van der Waals surface area (Å²) in [6, 6.07) is 0. The normalized spacial score (nSPS) is 13.9. The number of carbonyl (C=O) groups excluding carboxylic acids is 1. The summed E-state index contributed by atoms with van der Waals surface area (Å²) in [4.78, 5) is 22.2. The van der Waals surface area contributed by atoms with E-state index in [4.69, 9.17) is 5.11 Å². The van der Waals surface area contributed by atoms with E-state index in [1.54, 1.807) is 6.92 Å². The molecule has 0 spiro atoms. The number of Topliss-reactive ketones (excluding diaryl/α,β-unsaturated/α-hetero) is 1. The molecule has 2 atom stereocenters. The first-order valence-corrected chi connectivity index (χ1v) is 9.73. The van der Waals surface area contributed by atoms with Crippen molar-refractivity contribution >= 4 is 11.8 Å². The van der Waals surface area contributed by atoms with E-state index in [0.29, 0.717) is 5.92 Å². The van der Waals surface area contributed by atoms with Crippen LogP contribution in [0.5, 0.6) is 0 Å². The lowest BCUT2D eigenvalue weighted by Gasteiger charge is -2.16. The van der Waals surface area contributed by atoms with Crippen molar-refractivity contribution in [1.82, 2.24) is 0 Å². The molecule has 4 heteroatoms. The zero-order valence-electron chi connectivity index (χ0n) is 15.9. The molecule has 2 unspecified atom stereocenters. The monoisotopic (exact) mass is 342 g/mol. The van der Waals surface area contributed by atoms with Crippen molar-refractivity contribution in [3.63, 3.8) is 0 Å². The van der Waals surface area contributed by atoms with Crippen molar-refractivity contribution in [3.05, 3.63) is 0 Å². The minimum Gasteiger partial charge on any atom is -0.481 e. The van der Waals surface area contributed by atoms with Gasteiger partial charge in [-0.1, -0.05) is 52.4 Å². The second-order valence-corrected chi connectivity index (χ2v) is 7.56. The van der Waals surface area contributed by atoms with Crippen molar-refractivity contribution in [2.45, 2.75) is 104 Å². The molecule has 0 aromatic carbocycles. The smallest absolute Gasteiger partial charge is 0.303 e. The first kappa shape index (κ1) is 23.1. The second kappa shape index (κ2) is 14.4. The number of aliphatic hydroxyl groups is 1. The van der Waals surface area contributed by atoms with Gasteiger partial charge in [0.1, 0.15) is 5.78 Å². The van der Waals surface area contributed by atoms with Crippen LogP contribution in [-0.2, 0) is 9.59 Å². The summed E-state index contributed by atoms with van der Waals surface area (Å²) in [7, 11) is 0. The molecule has 24 heavy (non-hydrogen) atoms. The molecule has 0 fully saturated rings. The number of aliphatic hydroxyl groups excluding tert-OH is 1. The van der Waals surface area contributed by atoms with Crippen LogP contribution in [0.1, 0.15) is 97.8 Å². The van der Waals surface area contributed by atoms with Gasteiger partial charge in [0, 0.05) is 12.3 Å². The van der Waals surface area contributed by atoms with Gasteiger partial charge in [0.05, 0.1) is 6.10 Å². The topological polar surface area (TPSA) is 74.6 Å². The third kappa shape index (κ3) is 14.7. The maximum absolute atomic E-state index is 11.7. The summed E-state index contributed by atoms with van der Waals surface area (Å²) < 4.78 is 0. The highest BCUT2D eigenvalue weighted by molar-refractivity contribution is 5.78. The first-order chi connectivity index (χ1) is 11.3. The molecule has 0 aromatic rings. The van der Waals surface area contributed by atoms with E-state index in [2.05, 4.69) is 13.8 Å². The number of hydrogen-bond acceptors (Lipinski definition) is 3. The number of aliphatic carboxylic acids is 1. The van der Waals surface area contributed by atoms with Gasteiger partial charge in [0.25, 0.3) is 0 Å². The SMILES string of the molecule is CC(=O)C(CCCCCCC(=O)O)CCCC(O)CCCC(C)C. The van der Waals surface area contributed by atoms with Gasteiger partial charge in [-0.15, -0.1) is 0 Å². The average Bonchev–Trinajstić information content (AvgIpc) is 2.47. The quantitative estimate of drug-likeness (QED) is 0.388. The fraction of sp³-hybridized carbons (Fsp3) is 0.900. The molecule has 0 heterocycles. The molecule has 0 saturated heterocycles. The fourth-order valence-electron chi connectivity index (χ4n) is 3.08. The number of ketones is 1. The third-order valence-corrected chi connectivity index (χ3v) is 4.68. The van der Waals surface area contributed by atoms with Crippen molar-refractivity contribution in [1.29, 1.82) is 0 Å². The first-order valence-electron chi connectivity index (χ1n) is 9.73. The Bertz CT molecular complexity index is 339. The van der Waals surface area contributed by atoms with Crippen LogP contribution in [0.3, 0.4) is 0 Å². The lowest BCUT2D eigenvalue weighted by atomic mass is 9.91. The Balaban J connectivity index is 3.76. The summed E-state index contributed by atoms with van der Waals surface area (Å²) in [5.74, 6) is 0.306. The number of hydrogen-bond donors (Lipinski definition) is 2. The minimum atomic E-state index is -0.733. The number of carboxylic acids is 1. The summed E-state index contributed by atoms with van der Waals surface area (Å²) in [6.07, 6.45) is 10.2. The van der Waals surface area contributed by atoms with Crippen molar-refractivity contribution in [2.75, 3.05) is 0 Å². The lowest BCUT2D eigenvalue weighted by Crippen LogP contribution is -2.13. The molecule has 142 valence electrons. The maximum atomic E-state index is 11.7. The number of carbonyl (C=O) groups is 2. The number of rotatable bonds is 16. The molecule has 0 aromatic heterocycles. The van der Waals surface area contributed by atoms with Gasteiger partial charge in [0.15, 0.2) is 0 Å². The van der Waals surface area contributed by atoms with Gasteiger partial charge in [-0.3, -0.25) is 9.59 Å². The third-order valence-electron chi connectivity index (χ3n) is 4.68. The highest BCUT2D eigenvalue weighted by Gasteiger charge is 2.14. The van der Waals surface area contributed by atoms with E-state index < -0.39 is 5.97 Å². The standard InChI is InChI=1S/C20H38O4/c1-16(2)10-8-13-19(22)14-9-12-18(17(3)21)11-6-4-5-7-15-20(23)24/h16,18-19,22H,4-15H2,1-3H3,(H,23,24). The predicted molar refractivity (Wildman–Crippen MR) is 98.1 cm³/mol. The molecular weight excluding hydrogens is 304 g/mol. The summed E-state index contributed by atoms with van der Waals surface area (Å²) in [5.41, 5.74) is 0. The van der Waals surface area contributed by atoms with Crippen molar-refractivity contribution in [3.8, 4) is 0 Å². The van der Waals surface area contributed by atoms with Gasteiger partial charge in [-0.2, -0.15) is 0 Å². The summed E-state index contributed by atoms with van der Waals surface area (Å²) in [5, 5.41) is 18.6. The Kier molecular flexibility index (Phi) is 13.9. The maximum Gasteiger partial charge on any atom is 0.303 e. The van der Waals surface area contributed by atoms with E-state index in [1.807, 2.05) is 0 Å². The van der Waals surface area contributed by atoms with Gasteiger partial charge in [0.2, 0.25) is 0 Å². The predicted octanol–water partition coefficient (Wildman–Crippen LogP) is 4.97. The van der Waals surface area contributed by atoms with Crippen LogP contribution < -0.4 is 0 Å². The Morgan fingerprint density at radius 1 is 0.792 bits per heavy atom. The molecule has 0 aliphatic heterocycles. The highest BCUT2D eigenvalue weighted by atomic mass is 16.4. The largest absolute Gasteiger partial charge is 0.481 e. The molecule has 2 N–H and O–H groups in total. The van der Waals surface area contributed by atoms with Crippen LogP contribution in [0.2, 0.25) is 0 Å². The van der Waals surface area contributed by atoms with Gasteiger partial charge >= 0.3 is 5.97 Å². The van der Waals surface area contributed by atoms with E-state index in [9.17, 15) is 14.7 Å². The molecule has 0 rings (SSSR count). The molecule has 0 saturated carbocycles. The average molecular weight is 343 g/mol. The van der Waals surface area contributed by atoms with Crippen molar-refractivity contribution < 1.29 is 19.8 Å². The van der Waals surface area contributed by atoms with E-state index >= 15 is 0 Å². The zero-order valence-corrected chi connectivity index (χ0v) is 15.9. The van der Waals surface area contributed by atoms with Crippen LogP contribution in [0.15, 0.2) is 0 Å². The lowest BCUT2D eigenvalue weighted by molar-refractivity contribution is -0.137. The van der Waals surface area contributed by atoms with Crippen LogP contribution in [-0.4, -0.2) is 28.1 Å². The molecular formula is C20H38O4. The van der Waals surface area contributed by atoms with Gasteiger partial charge in [-0.25, -0.2) is 0 Å². The van der Waals surface area contributed by atoms with Crippen molar-refractivity contribution in [2.24, 2.45) is 11.8 Å². The van der Waals surface area contributed by atoms with Crippen LogP contribution in [0.4, 0.5) is 0 Å². The van der Waals surface area contributed by atoms with Crippen LogP contribution in [0, 0.1) is 11.8 Å². The number of unbranched alkanes of at least 4 members (excludes halogenated alkanes) is 3.